The van der Waals surface area contributed by atoms with E-state index in [0.717, 1.165) is 32.5 Å². The van der Waals surface area contributed by atoms with Crippen molar-refractivity contribution in [3.63, 3.8) is 0 Å². The topological polar surface area (TPSA) is 166 Å². The number of esters is 4. The molecular weight excluding hydrogens is 384 g/mol. The minimum absolute atomic E-state index is 0.101. The fourth-order valence-corrected chi connectivity index (χ4v) is 3.23. The van der Waals surface area contributed by atoms with Crippen molar-refractivity contribution in [2.75, 3.05) is 6.61 Å². The minimum Gasteiger partial charge on any atom is -0.463 e. The van der Waals surface area contributed by atoms with Crippen LogP contribution in [-0.2, 0) is 42.9 Å². The molecule has 0 spiro atoms. The summed E-state index contributed by atoms with van der Waals surface area (Å²) in [7, 11) is 0. The number of carbonyl (C=O) groups excluding carboxylic acids is 4. The van der Waals surface area contributed by atoms with Gasteiger partial charge in [-0.2, -0.15) is 0 Å². The first-order valence-electron chi connectivity index (χ1n) is 7.86. The molecule has 1 aliphatic rings. The first-order valence-corrected chi connectivity index (χ1v) is 8.74. The number of hydrogen-bond donors (Lipinski definition) is 2. The third-order valence-electron chi connectivity index (χ3n) is 3.20. The molecule has 5 atom stereocenters. The lowest BCUT2D eigenvalue weighted by molar-refractivity contribution is -0.237. The maximum absolute atomic E-state index is 11.6. The van der Waals surface area contributed by atoms with Gasteiger partial charge in [0.25, 0.3) is 0 Å². The number of amidine groups is 1. The minimum atomic E-state index is -1.23. The molecule has 1 rings (SSSR count). The highest BCUT2D eigenvalue weighted by molar-refractivity contribution is 8.13. The van der Waals surface area contributed by atoms with Crippen LogP contribution in [0.15, 0.2) is 0 Å². The van der Waals surface area contributed by atoms with Gasteiger partial charge >= 0.3 is 29.0 Å². The second-order valence-corrected chi connectivity index (χ2v) is 6.76. The molecule has 152 valence electrons. The van der Waals surface area contributed by atoms with Gasteiger partial charge in [0.1, 0.15) is 12.7 Å². The summed E-state index contributed by atoms with van der Waals surface area (Å²) in [5.41, 5.74) is 4.50. The summed E-state index contributed by atoms with van der Waals surface area (Å²) in [5, 5.41) is 5.40. The van der Waals surface area contributed by atoms with Gasteiger partial charge < -0.3 is 23.7 Å². The second-order valence-electron chi connectivity index (χ2n) is 5.59. The van der Waals surface area contributed by atoms with E-state index in [4.69, 9.17) is 34.8 Å². The fraction of sp³-hybridized carbons (Fsp3) is 0.667. The number of rotatable bonds is 6. The maximum Gasteiger partial charge on any atom is 0.303 e. The highest BCUT2D eigenvalue weighted by Gasteiger charge is 2.53. The van der Waals surface area contributed by atoms with Crippen molar-refractivity contribution in [1.82, 2.24) is 0 Å². The SMILES string of the molecule is CC(=O)OC[C@H]1O[C@@H](SC(N)=[NH2+])[C@H](OC(C)=O)[C@@H](OC(C)=O)[C@@H]1OC(C)=O. The van der Waals surface area contributed by atoms with E-state index in [1.807, 2.05) is 0 Å². The lowest BCUT2D eigenvalue weighted by Gasteiger charge is -2.43. The molecule has 0 aromatic heterocycles. The van der Waals surface area contributed by atoms with E-state index in [1.54, 1.807) is 0 Å². The maximum atomic E-state index is 11.6. The van der Waals surface area contributed by atoms with Gasteiger partial charge in [-0.15, -0.1) is 0 Å². The van der Waals surface area contributed by atoms with Gasteiger partial charge in [-0.1, -0.05) is 0 Å². The zero-order valence-corrected chi connectivity index (χ0v) is 16.1. The molecular formula is C15H23N2O9S+. The number of thioether (sulfide) groups is 1. The highest BCUT2D eigenvalue weighted by atomic mass is 32.2. The Morgan fingerprint density at radius 3 is 1.81 bits per heavy atom. The van der Waals surface area contributed by atoms with Crippen LogP contribution in [0.2, 0.25) is 0 Å². The summed E-state index contributed by atoms with van der Waals surface area (Å²) in [6.07, 6.45) is -4.64. The van der Waals surface area contributed by atoms with Crippen LogP contribution in [-0.4, -0.2) is 65.5 Å². The first-order chi connectivity index (χ1) is 12.5. The smallest absolute Gasteiger partial charge is 0.303 e. The molecule has 27 heavy (non-hydrogen) atoms. The average Bonchev–Trinajstić information content (AvgIpc) is 2.49. The zero-order chi connectivity index (χ0) is 20.7. The van der Waals surface area contributed by atoms with E-state index in [0.29, 0.717) is 0 Å². The van der Waals surface area contributed by atoms with Gasteiger partial charge in [-0.3, -0.25) is 30.3 Å². The van der Waals surface area contributed by atoms with Crippen LogP contribution >= 0.6 is 11.8 Å². The Hall–Kier alpha value is -2.34. The normalized spacial score (nSPS) is 27.2. The first kappa shape index (κ1) is 22.7. The summed E-state index contributed by atoms with van der Waals surface area (Å²) in [4.78, 5) is 45.8. The molecule has 1 aliphatic heterocycles. The van der Waals surface area contributed by atoms with Crippen LogP contribution in [0.1, 0.15) is 27.7 Å². The Kier molecular flexibility index (Phi) is 8.50. The molecule has 0 saturated carbocycles. The van der Waals surface area contributed by atoms with Crippen molar-refractivity contribution in [3.8, 4) is 0 Å². The molecule has 1 saturated heterocycles. The molecule has 0 aromatic rings. The fourth-order valence-electron chi connectivity index (χ4n) is 2.42. The van der Waals surface area contributed by atoms with E-state index in [9.17, 15) is 19.2 Å². The average molecular weight is 407 g/mol. The monoisotopic (exact) mass is 407 g/mol. The van der Waals surface area contributed by atoms with Gasteiger partial charge in [0.2, 0.25) is 0 Å². The summed E-state index contributed by atoms with van der Waals surface area (Å²) in [6.45, 7) is 4.30. The third kappa shape index (κ3) is 7.43. The van der Waals surface area contributed by atoms with Crippen molar-refractivity contribution in [1.29, 1.82) is 0 Å². The molecule has 12 heteroatoms. The van der Waals surface area contributed by atoms with Crippen LogP contribution in [0, 0.1) is 0 Å². The van der Waals surface area contributed by atoms with Crippen molar-refractivity contribution in [2.24, 2.45) is 5.73 Å². The Morgan fingerprint density at radius 2 is 1.37 bits per heavy atom. The largest absolute Gasteiger partial charge is 0.463 e. The summed E-state index contributed by atoms with van der Waals surface area (Å²) in [6, 6.07) is 0. The number of carbonyl (C=O) groups is 4. The van der Waals surface area contributed by atoms with Crippen LogP contribution < -0.4 is 11.1 Å². The molecule has 0 bridgehead atoms. The van der Waals surface area contributed by atoms with Gasteiger partial charge in [0.05, 0.1) is 0 Å². The third-order valence-corrected chi connectivity index (χ3v) is 4.08. The van der Waals surface area contributed by atoms with Gasteiger partial charge in [0.15, 0.2) is 23.7 Å². The molecule has 0 aliphatic carbocycles. The quantitative estimate of drug-likeness (QED) is 0.214. The lowest BCUT2D eigenvalue weighted by Crippen LogP contribution is -2.62. The predicted molar refractivity (Wildman–Crippen MR) is 90.7 cm³/mol. The summed E-state index contributed by atoms with van der Waals surface area (Å²) in [5.74, 6) is -2.70. The molecule has 1 fully saturated rings. The Labute approximate surface area is 159 Å². The van der Waals surface area contributed by atoms with Gasteiger partial charge in [-0.25, -0.2) is 0 Å². The van der Waals surface area contributed by atoms with Crippen LogP contribution in [0.4, 0.5) is 0 Å². The summed E-state index contributed by atoms with van der Waals surface area (Å²) < 4.78 is 26.4. The number of ether oxygens (including phenoxy) is 5. The van der Waals surface area contributed by atoms with Crippen molar-refractivity contribution < 1.29 is 48.3 Å². The zero-order valence-electron chi connectivity index (χ0n) is 15.3. The molecule has 4 N–H and O–H groups in total. The van der Waals surface area contributed by atoms with Crippen LogP contribution in [0.25, 0.3) is 0 Å². The van der Waals surface area contributed by atoms with E-state index in [1.165, 1.54) is 6.92 Å². The molecule has 0 unspecified atom stereocenters. The van der Waals surface area contributed by atoms with Crippen molar-refractivity contribution >= 4 is 40.8 Å². The van der Waals surface area contributed by atoms with Crippen LogP contribution in [0.5, 0.6) is 0 Å². The van der Waals surface area contributed by atoms with E-state index >= 15 is 0 Å². The highest BCUT2D eigenvalue weighted by Crippen LogP contribution is 2.33. The van der Waals surface area contributed by atoms with Crippen molar-refractivity contribution in [3.05, 3.63) is 0 Å². The number of nitrogens with two attached hydrogens (primary N) is 2. The van der Waals surface area contributed by atoms with Crippen LogP contribution in [0.3, 0.4) is 0 Å². The Morgan fingerprint density at radius 1 is 0.889 bits per heavy atom. The second kappa shape index (κ2) is 10.1. The molecule has 0 radical (unpaired) electrons. The molecule has 0 amide bonds. The van der Waals surface area contributed by atoms with Gasteiger partial charge in [-0.05, 0) is 11.8 Å². The van der Waals surface area contributed by atoms with E-state index in [-0.39, 0.29) is 11.8 Å². The summed E-state index contributed by atoms with van der Waals surface area (Å²) >= 11 is 0.816. The predicted octanol–water partition coefficient (Wildman–Crippen LogP) is -2.12. The van der Waals surface area contributed by atoms with Gasteiger partial charge in [0, 0.05) is 27.7 Å². The number of hydrogen-bond acceptors (Lipinski definition) is 10. The standard InChI is InChI=1S/C15H22N2O9S/c1-6(18)22-5-10-11(23-7(2)19)12(24-8(3)20)13(25-9(4)21)14(26-10)27-15(16)17/h10-14H,5H2,1-4H3,(H3,16,17)/p+1/t10-,11-,12+,13-,14+/m1/s1. The Bertz CT molecular complexity index is 612. The van der Waals surface area contributed by atoms with Crippen molar-refractivity contribution in [2.45, 2.75) is 57.5 Å². The lowest BCUT2D eigenvalue weighted by atomic mass is 9.99. The molecule has 0 aromatic carbocycles. The molecule has 1 heterocycles. The molecule has 11 nitrogen and oxygen atoms in total. The van der Waals surface area contributed by atoms with E-state index in [2.05, 4.69) is 0 Å². The van der Waals surface area contributed by atoms with E-state index < -0.39 is 53.7 Å². The Balaban J connectivity index is 3.29.